The standard InChI is InChI=1S/C10H17N/c11-10-5-1-2-9(10)7-3-4-8(10)6-7/h7-9H,1-6,11H2/p+1/t7-,8-,9-,10-/m1/s1. The van der Waals surface area contributed by atoms with Crippen molar-refractivity contribution < 1.29 is 5.73 Å². The fourth-order valence-corrected chi connectivity index (χ4v) is 4.24. The summed E-state index contributed by atoms with van der Waals surface area (Å²) in [6.07, 6.45) is 9.00. The third-order valence-corrected chi connectivity index (χ3v) is 4.75. The molecule has 0 spiro atoms. The number of rotatable bonds is 0. The van der Waals surface area contributed by atoms with Gasteiger partial charge in [-0.2, -0.15) is 0 Å². The van der Waals surface area contributed by atoms with Gasteiger partial charge in [0.1, 0.15) is 5.54 Å². The van der Waals surface area contributed by atoms with Crippen LogP contribution in [0.1, 0.15) is 38.5 Å². The maximum atomic E-state index is 4.51. The molecule has 3 fully saturated rings. The molecule has 0 aromatic rings. The van der Waals surface area contributed by atoms with Crippen LogP contribution in [-0.2, 0) is 0 Å². The topological polar surface area (TPSA) is 27.6 Å². The van der Waals surface area contributed by atoms with Crippen molar-refractivity contribution in [1.82, 2.24) is 0 Å². The fourth-order valence-electron chi connectivity index (χ4n) is 4.24. The zero-order chi connectivity index (χ0) is 7.47. The Hall–Kier alpha value is -0.0400. The molecule has 1 heteroatoms. The van der Waals surface area contributed by atoms with Gasteiger partial charge in [0, 0.05) is 18.3 Å². The van der Waals surface area contributed by atoms with Crippen LogP contribution in [0.15, 0.2) is 0 Å². The van der Waals surface area contributed by atoms with Gasteiger partial charge in [-0.15, -0.1) is 0 Å². The molecule has 1 nitrogen and oxygen atoms in total. The molecule has 0 aromatic carbocycles. The van der Waals surface area contributed by atoms with E-state index in [0.29, 0.717) is 5.54 Å². The summed E-state index contributed by atoms with van der Waals surface area (Å²) >= 11 is 0. The summed E-state index contributed by atoms with van der Waals surface area (Å²) in [5.74, 6) is 3.17. The van der Waals surface area contributed by atoms with E-state index in [4.69, 9.17) is 0 Å². The lowest BCUT2D eigenvalue weighted by Gasteiger charge is -2.31. The predicted octanol–water partition coefficient (Wildman–Crippen LogP) is 1.20. The minimum absolute atomic E-state index is 0.572. The number of quaternary nitrogens is 1. The molecule has 0 radical (unpaired) electrons. The summed E-state index contributed by atoms with van der Waals surface area (Å²) in [6, 6.07) is 0. The van der Waals surface area contributed by atoms with Crippen molar-refractivity contribution >= 4 is 0 Å². The molecule has 3 aliphatic rings. The largest absolute Gasteiger partial charge is 0.352 e. The van der Waals surface area contributed by atoms with E-state index in [9.17, 15) is 0 Å². The first-order valence-corrected chi connectivity index (χ1v) is 5.16. The Balaban J connectivity index is 2.00. The summed E-state index contributed by atoms with van der Waals surface area (Å²) < 4.78 is 0. The molecular weight excluding hydrogens is 134 g/mol. The van der Waals surface area contributed by atoms with Gasteiger partial charge in [0.2, 0.25) is 0 Å². The Bertz CT molecular complexity index is 189. The van der Waals surface area contributed by atoms with Crippen LogP contribution in [0.25, 0.3) is 0 Å². The molecular formula is C10H18N+. The lowest BCUT2D eigenvalue weighted by Crippen LogP contribution is -2.76. The Kier molecular flexibility index (Phi) is 1.07. The van der Waals surface area contributed by atoms with Gasteiger partial charge in [0.25, 0.3) is 0 Å². The SMILES string of the molecule is [NH3+][C@@]12CCC[C@@H]1[C@@H]1CC[C@@H]2C1. The second-order valence-corrected chi connectivity index (χ2v) is 5.00. The Morgan fingerprint density at radius 3 is 2.91 bits per heavy atom. The lowest BCUT2D eigenvalue weighted by molar-refractivity contribution is -0.499. The summed E-state index contributed by atoms with van der Waals surface area (Å²) in [6.45, 7) is 0. The third kappa shape index (κ3) is 0.618. The van der Waals surface area contributed by atoms with E-state index in [1.807, 2.05) is 0 Å². The van der Waals surface area contributed by atoms with E-state index in [-0.39, 0.29) is 0 Å². The highest BCUT2D eigenvalue weighted by molar-refractivity contribution is 5.08. The highest BCUT2D eigenvalue weighted by Crippen LogP contribution is 2.58. The molecule has 3 saturated carbocycles. The van der Waals surface area contributed by atoms with Crippen LogP contribution < -0.4 is 5.73 Å². The Labute approximate surface area is 68.3 Å². The first-order valence-electron chi connectivity index (χ1n) is 5.16. The van der Waals surface area contributed by atoms with Gasteiger partial charge >= 0.3 is 0 Å². The van der Waals surface area contributed by atoms with Crippen LogP contribution in [0.2, 0.25) is 0 Å². The maximum Gasteiger partial charge on any atom is 0.100 e. The van der Waals surface area contributed by atoms with Crippen LogP contribution in [0.4, 0.5) is 0 Å². The average molecular weight is 152 g/mol. The van der Waals surface area contributed by atoms with Crippen molar-refractivity contribution in [3.63, 3.8) is 0 Å². The van der Waals surface area contributed by atoms with Gasteiger partial charge in [-0.3, -0.25) is 0 Å². The molecule has 4 atom stereocenters. The fraction of sp³-hybridized carbons (Fsp3) is 1.00. The molecule has 0 unspecified atom stereocenters. The lowest BCUT2D eigenvalue weighted by atomic mass is 9.76. The van der Waals surface area contributed by atoms with E-state index < -0.39 is 0 Å². The molecule has 3 aliphatic carbocycles. The summed E-state index contributed by atoms with van der Waals surface area (Å²) in [5, 5.41) is 0. The molecule has 11 heavy (non-hydrogen) atoms. The van der Waals surface area contributed by atoms with E-state index >= 15 is 0 Å². The van der Waals surface area contributed by atoms with Crippen molar-refractivity contribution in [2.24, 2.45) is 17.8 Å². The van der Waals surface area contributed by atoms with E-state index in [1.54, 1.807) is 0 Å². The summed E-state index contributed by atoms with van der Waals surface area (Å²) in [7, 11) is 0. The highest BCUT2D eigenvalue weighted by Gasteiger charge is 2.60. The van der Waals surface area contributed by atoms with Crippen molar-refractivity contribution in [3.8, 4) is 0 Å². The smallest absolute Gasteiger partial charge is 0.100 e. The Morgan fingerprint density at radius 1 is 1.18 bits per heavy atom. The molecule has 62 valence electrons. The molecule has 0 aliphatic heterocycles. The normalized spacial score (nSPS) is 60.3. The number of hydrogen-bond acceptors (Lipinski definition) is 0. The molecule has 3 rings (SSSR count). The molecule has 0 saturated heterocycles. The quantitative estimate of drug-likeness (QED) is 0.540. The summed E-state index contributed by atoms with van der Waals surface area (Å²) in [5.41, 5.74) is 5.09. The van der Waals surface area contributed by atoms with Crippen molar-refractivity contribution in [3.05, 3.63) is 0 Å². The van der Waals surface area contributed by atoms with Gasteiger partial charge in [-0.1, -0.05) is 0 Å². The minimum atomic E-state index is 0.572. The van der Waals surface area contributed by atoms with E-state index in [1.165, 1.54) is 38.5 Å². The number of fused-ring (bicyclic) bond motifs is 5. The summed E-state index contributed by atoms with van der Waals surface area (Å²) in [4.78, 5) is 0. The van der Waals surface area contributed by atoms with Crippen LogP contribution in [0, 0.1) is 17.8 Å². The van der Waals surface area contributed by atoms with Gasteiger partial charge in [0.15, 0.2) is 0 Å². The zero-order valence-corrected chi connectivity index (χ0v) is 7.18. The number of hydrogen-bond donors (Lipinski definition) is 1. The van der Waals surface area contributed by atoms with Crippen LogP contribution in [-0.4, -0.2) is 5.54 Å². The van der Waals surface area contributed by atoms with E-state index in [0.717, 1.165) is 17.8 Å². The molecule has 0 aromatic heterocycles. The molecule has 3 N–H and O–H groups in total. The molecule has 2 bridgehead atoms. The second-order valence-electron chi connectivity index (χ2n) is 5.00. The van der Waals surface area contributed by atoms with Crippen LogP contribution in [0.3, 0.4) is 0 Å². The van der Waals surface area contributed by atoms with Gasteiger partial charge in [-0.05, 0) is 38.0 Å². The zero-order valence-electron chi connectivity index (χ0n) is 7.18. The molecule has 0 amide bonds. The monoisotopic (exact) mass is 152 g/mol. The predicted molar refractivity (Wildman–Crippen MR) is 43.8 cm³/mol. The first-order chi connectivity index (χ1) is 5.31. The van der Waals surface area contributed by atoms with Crippen molar-refractivity contribution in [2.75, 3.05) is 0 Å². The van der Waals surface area contributed by atoms with Gasteiger partial charge in [-0.25, -0.2) is 0 Å². The average Bonchev–Trinajstić information content (AvgIpc) is 2.54. The second kappa shape index (κ2) is 1.82. The van der Waals surface area contributed by atoms with Crippen molar-refractivity contribution in [1.29, 1.82) is 0 Å². The van der Waals surface area contributed by atoms with Gasteiger partial charge < -0.3 is 5.73 Å². The first kappa shape index (κ1) is 6.47. The van der Waals surface area contributed by atoms with Crippen LogP contribution in [0.5, 0.6) is 0 Å². The minimum Gasteiger partial charge on any atom is -0.352 e. The van der Waals surface area contributed by atoms with Gasteiger partial charge in [0.05, 0.1) is 0 Å². The maximum absolute atomic E-state index is 4.51. The van der Waals surface area contributed by atoms with E-state index in [2.05, 4.69) is 5.73 Å². The third-order valence-electron chi connectivity index (χ3n) is 4.75. The highest BCUT2D eigenvalue weighted by atomic mass is 14.9. The van der Waals surface area contributed by atoms with Crippen molar-refractivity contribution in [2.45, 2.75) is 44.1 Å². The Morgan fingerprint density at radius 2 is 2.09 bits per heavy atom. The van der Waals surface area contributed by atoms with Crippen LogP contribution >= 0.6 is 0 Å². The molecule has 0 heterocycles.